The van der Waals surface area contributed by atoms with E-state index in [1.165, 1.54) is 0 Å². The molecule has 0 aliphatic heterocycles. The third kappa shape index (κ3) is 5.93. The van der Waals surface area contributed by atoms with Crippen molar-refractivity contribution in [3.05, 3.63) is 64.1 Å². The monoisotopic (exact) mass is 350 g/mol. The van der Waals surface area contributed by atoms with Crippen LogP contribution in [0.2, 0.25) is 10.0 Å². The van der Waals surface area contributed by atoms with Crippen LogP contribution in [0.5, 0.6) is 0 Å². The van der Waals surface area contributed by atoms with Crippen molar-refractivity contribution in [3.63, 3.8) is 0 Å². The lowest BCUT2D eigenvalue weighted by Gasteiger charge is -2.07. The molecule has 4 nitrogen and oxygen atoms in total. The Bertz CT molecular complexity index is 690. The molecule has 2 amide bonds. The zero-order valence-electron chi connectivity index (χ0n) is 12.3. The first-order valence-corrected chi connectivity index (χ1v) is 7.86. The fourth-order valence-electron chi connectivity index (χ4n) is 1.95. The van der Waals surface area contributed by atoms with Gasteiger partial charge in [-0.25, -0.2) is 0 Å². The van der Waals surface area contributed by atoms with E-state index in [0.717, 1.165) is 5.56 Å². The van der Waals surface area contributed by atoms with Crippen molar-refractivity contribution in [1.29, 1.82) is 0 Å². The number of aryl methyl sites for hydroxylation is 1. The third-order valence-electron chi connectivity index (χ3n) is 3.13. The zero-order chi connectivity index (χ0) is 16.7. The van der Waals surface area contributed by atoms with E-state index in [9.17, 15) is 9.59 Å². The van der Waals surface area contributed by atoms with E-state index in [4.69, 9.17) is 23.2 Å². The highest BCUT2D eigenvalue weighted by Crippen LogP contribution is 2.23. The first-order valence-electron chi connectivity index (χ1n) is 7.10. The van der Waals surface area contributed by atoms with Gasteiger partial charge in [0.2, 0.25) is 11.8 Å². The second-order valence-corrected chi connectivity index (χ2v) is 5.75. The van der Waals surface area contributed by atoms with E-state index in [2.05, 4.69) is 10.6 Å². The average molecular weight is 351 g/mol. The highest BCUT2D eigenvalue weighted by molar-refractivity contribution is 6.42. The van der Waals surface area contributed by atoms with E-state index >= 15 is 0 Å². The molecule has 6 heteroatoms. The summed E-state index contributed by atoms with van der Waals surface area (Å²) in [5.74, 6) is -0.460. The van der Waals surface area contributed by atoms with Crippen molar-refractivity contribution in [3.8, 4) is 0 Å². The first kappa shape index (κ1) is 17.3. The minimum Gasteiger partial charge on any atom is -0.347 e. The molecule has 0 bridgehead atoms. The SMILES string of the molecule is O=C(CCc1ccc(Cl)c(Cl)c1)NCC(=O)Nc1ccccc1. The summed E-state index contributed by atoms with van der Waals surface area (Å²) < 4.78 is 0. The van der Waals surface area contributed by atoms with Gasteiger partial charge in [0.15, 0.2) is 0 Å². The zero-order valence-corrected chi connectivity index (χ0v) is 13.8. The molecule has 2 aromatic carbocycles. The molecule has 0 unspecified atom stereocenters. The summed E-state index contributed by atoms with van der Waals surface area (Å²) in [7, 11) is 0. The van der Waals surface area contributed by atoms with Crippen molar-refractivity contribution in [2.24, 2.45) is 0 Å². The number of halogens is 2. The molecule has 0 saturated heterocycles. The minimum absolute atomic E-state index is 0.0604. The summed E-state index contributed by atoms with van der Waals surface area (Å²) in [6.07, 6.45) is 0.805. The van der Waals surface area contributed by atoms with Gasteiger partial charge < -0.3 is 10.6 Å². The molecule has 120 valence electrons. The van der Waals surface area contributed by atoms with Crippen molar-refractivity contribution >= 4 is 40.7 Å². The van der Waals surface area contributed by atoms with Gasteiger partial charge >= 0.3 is 0 Å². The van der Waals surface area contributed by atoms with E-state index in [0.29, 0.717) is 22.2 Å². The Morgan fingerprint density at radius 3 is 2.35 bits per heavy atom. The maximum atomic E-state index is 11.8. The van der Waals surface area contributed by atoms with Crippen LogP contribution in [-0.4, -0.2) is 18.4 Å². The van der Waals surface area contributed by atoms with Crippen LogP contribution < -0.4 is 10.6 Å². The minimum atomic E-state index is -0.265. The Labute approximate surface area is 144 Å². The summed E-state index contributed by atoms with van der Waals surface area (Å²) in [6.45, 7) is -0.0604. The van der Waals surface area contributed by atoms with Crippen LogP contribution in [0.25, 0.3) is 0 Å². The van der Waals surface area contributed by atoms with Crippen LogP contribution in [0.15, 0.2) is 48.5 Å². The largest absolute Gasteiger partial charge is 0.347 e. The Morgan fingerprint density at radius 1 is 0.913 bits per heavy atom. The molecule has 0 heterocycles. The van der Waals surface area contributed by atoms with Crippen molar-refractivity contribution in [2.75, 3.05) is 11.9 Å². The molecule has 0 saturated carbocycles. The molecule has 0 radical (unpaired) electrons. The van der Waals surface area contributed by atoms with Gasteiger partial charge in [-0.1, -0.05) is 47.5 Å². The quantitative estimate of drug-likeness (QED) is 0.834. The Morgan fingerprint density at radius 2 is 1.65 bits per heavy atom. The maximum absolute atomic E-state index is 11.8. The van der Waals surface area contributed by atoms with Gasteiger partial charge in [0.1, 0.15) is 0 Å². The lowest BCUT2D eigenvalue weighted by molar-refractivity contribution is -0.124. The summed E-state index contributed by atoms with van der Waals surface area (Å²) in [6, 6.07) is 14.3. The molecule has 0 aliphatic rings. The number of carbonyl (C=O) groups is 2. The second kappa shape index (κ2) is 8.56. The fraction of sp³-hybridized carbons (Fsp3) is 0.176. The number of nitrogens with one attached hydrogen (secondary N) is 2. The Hall–Kier alpha value is -2.04. The third-order valence-corrected chi connectivity index (χ3v) is 3.87. The highest BCUT2D eigenvalue weighted by Gasteiger charge is 2.07. The summed E-state index contributed by atoms with van der Waals surface area (Å²) >= 11 is 11.8. The molecule has 0 atom stereocenters. The predicted octanol–water partition coefficient (Wildman–Crippen LogP) is 3.68. The molecular formula is C17H16Cl2N2O2. The van der Waals surface area contributed by atoms with Gasteiger partial charge in [0.05, 0.1) is 16.6 Å². The number of para-hydroxylation sites is 1. The topological polar surface area (TPSA) is 58.2 Å². The van der Waals surface area contributed by atoms with Gasteiger partial charge in [0.25, 0.3) is 0 Å². The molecule has 0 aromatic heterocycles. The predicted molar refractivity (Wildman–Crippen MR) is 92.9 cm³/mol. The molecule has 0 spiro atoms. The molecule has 2 aromatic rings. The van der Waals surface area contributed by atoms with Crippen LogP contribution in [0.4, 0.5) is 5.69 Å². The normalized spacial score (nSPS) is 10.2. The number of carbonyl (C=O) groups excluding carboxylic acids is 2. The Kier molecular flexibility index (Phi) is 6.44. The van der Waals surface area contributed by atoms with Gasteiger partial charge in [-0.3, -0.25) is 9.59 Å². The van der Waals surface area contributed by atoms with Crippen LogP contribution in [-0.2, 0) is 16.0 Å². The van der Waals surface area contributed by atoms with Crippen molar-refractivity contribution in [2.45, 2.75) is 12.8 Å². The second-order valence-electron chi connectivity index (χ2n) is 4.94. The van der Waals surface area contributed by atoms with Crippen molar-refractivity contribution in [1.82, 2.24) is 5.32 Å². The van der Waals surface area contributed by atoms with Crippen LogP contribution in [0.1, 0.15) is 12.0 Å². The molecule has 0 fully saturated rings. The number of benzene rings is 2. The average Bonchev–Trinajstić information content (AvgIpc) is 2.55. The Balaban J connectivity index is 1.72. The lowest BCUT2D eigenvalue weighted by atomic mass is 10.1. The van der Waals surface area contributed by atoms with E-state index in [1.807, 2.05) is 24.3 Å². The molecule has 2 rings (SSSR count). The molecule has 23 heavy (non-hydrogen) atoms. The fourth-order valence-corrected chi connectivity index (χ4v) is 2.27. The summed E-state index contributed by atoms with van der Waals surface area (Å²) in [5.41, 5.74) is 1.62. The number of hydrogen-bond acceptors (Lipinski definition) is 2. The molecular weight excluding hydrogens is 335 g/mol. The van der Waals surface area contributed by atoms with E-state index in [-0.39, 0.29) is 24.8 Å². The van der Waals surface area contributed by atoms with Gasteiger partial charge in [-0.05, 0) is 36.2 Å². The summed E-state index contributed by atoms with van der Waals surface area (Å²) in [5, 5.41) is 6.24. The van der Waals surface area contributed by atoms with Crippen molar-refractivity contribution < 1.29 is 9.59 Å². The maximum Gasteiger partial charge on any atom is 0.243 e. The highest BCUT2D eigenvalue weighted by atomic mass is 35.5. The van der Waals surface area contributed by atoms with Crippen LogP contribution in [0, 0.1) is 0 Å². The van der Waals surface area contributed by atoms with Crippen LogP contribution >= 0.6 is 23.2 Å². The number of hydrogen-bond donors (Lipinski definition) is 2. The number of rotatable bonds is 6. The van der Waals surface area contributed by atoms with Gasteiger partial charge in [0, 0.05) is 12.1 Å². The lowest BCUT2D eigenvalue weighted by Crippen LogP contribution is -2.32. The van der Waals surface area contributed by atoms with Gasteiger partial charge in [-0.15, -0.1) is 0 Å². The van der Waals surface area contributed by atoms with Crippen LogP contribution in [0.3, 0.4) is 0 Å². The van der Waals surface area contributed by atoms with E-state index in [1.54, 1.807) is 24.3 Å². The summed E-state index contributed by atoms with van der Waals surface area (Å²) in [4.78, 5) is 23.5. The number of anilines is 1. The number of amides is 2. The smallest absolute Gasteiger partial charge is 0.243 e. The standard InChI is InChI=1S/C17H16Cl2N2O2/c18-14-8-6-12(10-15(14)19)7-9-16(22)20-11-17(23)21-13-4-2-1-3-5-13/h1-6,8,10H,7,9,11H2,(H,20,22)(H,21,23). The van der Waals surface area contributed by atoms with E-state index < -0.39 is 0 Å². The first-order chi connectivity index (χ1) is 11.0. The van der Waals surface area contributed by atoms with Gasteiger partial charge in [-0.2, -0.15) is 0 Å². The molecule has 0 aliphatic carbocycles. The molecule has 2 N–H and O–H groups in total.